The van der Waals surface area contributed by atoms with Crippen LogP contribution in [0.2, 0.25) is 0 Å². The van der Waals surface area contributed by atoms with Crippen LogP contribution in [0.25, 0.3) is 0 Å². The summed E-state index contributed by atoms with van der Waals surface area (Å²) in [5, 5.41) is 2.14. The Labute approximate surface area is 108 Å². The number of carbonyl (C=O) groups excluding carboxylic acids is 3. The molecule has 0 fully saturated rings. The van der Waals surface area contributed by atoms with Crippen LogP contribution in [-0.2, 0) is 19.1 Å². The van der Waals surface area contributed by atoms with Gasteiger partial charge < -0.3 is 14.8 Å². The number of hydrogen-bond donors (Lipinski definition) is 1. The molecule has 0 aliphatic rings. The molecule has 1 N–H and O–H groups in total. The summed E-state index contributed by atoms with van der Waals surface area (Å²) in [4.78, 5) is 34.4. The second kappa shape index (κ2) is 6.48. The summed E-state index contributed by atoms with van der Waals surface area (Å²) in [5.41, 5.74) is 0.0965. The van der Waals surface area contributed by atoms with Crippen LogP contribution >= 0.6 is 0 Å². The summed E-state index contributed by atoms with van der Waals surface area (Å²) in [6.07, 6.45) is 0. The highest BCUT2D eigenvalue weighted by molar-refractivity contribution is 6.05. The smallest absolute Gasteiger partial charge is 0.340 e. The Hall–Kier alpha value is -2.44. The third kappa shape index (κ3) is 3.77. The number of hydrogen-bond acceptors (Lipinski definition) is 5. The normalized spacial score (nSPS) is 9.89. The Morgan fingerprint density at radius 3 is 1.95 bits per heavy atom. The van der Waals surface area contributed by atoms with Gasteiger partial charge in [0.25, 0.3) is 5.91 Å². The molecular formula is C12H12FNO5. The van der Waals surface area contributed by atoms with Gasteiger partial charge in [0, 0.05) is 5.56 Å². The van der Waals surface area contributed by atoms with Crippen LogP contribution in [0.3, 0.4) is 0 Å². The number of benzene rings is 1. The minimum atomic E-state index is -1.56. The van der Waals surface area contributed by atoms with Crippen molar-refractivity contribution < 1.29 is 28.2 Å². The average Bonchev–Trinajstić information content (AvgIpc) is 2.43. The van der Waals surface area contributed by atoms with Gasteiger partial charge in [0.15, 0.2) is 0 Å². The third-order valence-corrected chi connectivity index (χ3v) is 2.26. The van der Waals surface area contributed by atoms with Crippen LogP contribution < -0.4 is 5.32 Å². The van der Waals surface area contributed by atoms with E-state index in [2.05, 4.69) is 14.8 Å². The summed E-state index contributed by atoms with van der Waals surface area (Å²) in [7, 11) is 2.14. The van der Waals surface area contributed by atoms with E-state index in [9.17, 15) is 18.8 Å². The van der Waals surface area contributed by atoms with Crippen LogP contribution in [0.15, 0.2) is 24.3 Å². The molecule has 102 valence electrons. The van der Waals surface area contributed by atoms with Gasteiger partial charge in [-0.3, -0.25) is 4.79 Å². The van der Waals surface area contributed by atoms with Crippen molar-refractivity contribution in [3.05, 3.63) is 35.6 Å². The minimum absolute atomic E-state index is 0.0965. The van der Waals surface area contributed by atoms with Gasteiger partial charge in [-0.1, -0.05) is 0 Å². The lowest BCUT2D eigenvalue weighted by Gasteiger charge is -2.14. The maximum Gasteiger partial charge on any atom is 0.340 e. The molecular weight excluding hydrogens is 257 g/mol. The number of esters is 2. The molecule has 0 unspecified atom stereocenters. The predicted molar refractivity (Wildman–Crippen MR) is 61.7 cm³/mol. The summed E-state index contributed by atoms with van der Waals surface area (Å²) in [5.74, 6) is -3.14. The van der Waals surface area contributed by atoms with E-state index < -0.39 is 29.7 Å². The summed E-state index contributed by atoms with van der Waals surface area (Å²) in [6.45, 7) is 0. The molecule has 0 radical (unpaired) electrons. The van der Waals surface area contributed by atoms with Crippen molar-refractivity contribution in [2.24, 2.45) is 0 Å². The van der Waals surface area contributed by atoms with Gasteiger partial charge in [-0.15, -0.1) is 0 Å². The van der Waals surface area contributed by atoms with Crippen LogP contribution in [0.4, 0.5) is 4.39 Å². The molecule has 0 saturated heterocycles. The van der Waals surface area contributed by atoms with Crippen molar-refractivity contribution >= 4 is 17.8 Å². The van der Waals surface area contributed by atoms with Crippen LogP contribution in [0.1, 0.15) is 10.4 Å². The van der Waals surface area contributed by atoms with Crippen molar-refractivity contribution in [2.75, 3.05) is 14.2 Å². The maximum absolute atomic E-state index is 12.7. The zero-order valence-electron chi connectivity index (χ0n) is 10.3. The number of halogens is 1. The van der Waals surface area contributed by atoms with Gasteiger partial charge in [0.2, 0.25) is 6.04 Å². The predicted octanol–water partition coefficient (Wildman–Crippen LogP) is 0.270. The largest absolute Gasteiger partial charge is 0.467 e. The highest BCUT2D eigenvalue weighted by Crippen LogP contribution is 2.03. The van der Waals surface area contributed by atoms with E-state index in [1.807, 2.05) is 0 Å². The molecule has 1 rings (SSSR count). The maximum atomic E-state index is 12.7. The van der Waals surface area contributed by atoms with E-state index >= 15 is 0 Å². The molecule has 0 aliphatic carbocycles. The monoisotopic (exact) mass is 269 g/mol. The van der Waals surface area contributed by atoms with Gasteiger partial charge >= 0.3 is 11.9 Å². The van der Waals surface area contributed by atoms with Crippen LogP contribution in [0, 0.1) is 5.82 Å². The van der Waals surface area contributed by atoms with Crippen LogP contribution in [-0.4, -0.2) is 38.1 Å². The molecule has 1 aromatic carbocycles. The van der Waals surface area contributed by atoms with E-state index in [0.717, 1.165) is 26.4 Å². The van der Waals surface area contributed by atoms with Crippen molar-refractivity contribution in [3.8, 4) is 0 Å². The molecule has 1 amide bonds. The zero-order valence-corrected chi connectivity index (χ0v) is 10.3. The number of rotatable bonds is 4. The summed E-state index contributed by atoms with van der Waals surface area (Å²) >= 11 is 0. The Balaban J connectivity index is 2.84. The van der Waals surface area contributed by atoms with Crippen molar-refractivity contribution in [2.45, 2.75) is 6.04 Å². The summed E-state index contributed by atoms with van der Waals surface area (Å²) in [6, 6.07) is 3.04. The number of methoxy groups -OCH3 is 2. The number of carbonyl (C=O) groups is 3. The Morgan fingerprint density at radius 1 is 1.05 bits per heavy atom. The third-order valence-electron chi connectivity index (χ3n) is 2.26. The molecule has 0 bridgehead atoms. The molecule has 0 aromatic heterocycles. The molecule has 0 spiro atoms. The van der Waals surface area contributed by atoms with Crippen molar-refractivity contribution in [3.63, 3.8) is 0 Å². The topological polar surface area (TPSA) is 81.7 Å². The van der Waals surface area contributed by atoms with Gasteiger partial charge in [-0.25, -0.2) is 14.0 Å². The van der Waals surface area contributed by atoms with Gasteiger partial charge in [0.05, 0.1) is 14.2 Å². The fourth-order valence-electron chi connectivity index (χ4n) is 1.27. The highest BCUT2D eigenvalue weighted by Gasteiger charge is 2.30. The second-order valence-corrected chi connectivity index (χ2v) is 3.46. The lowest BCUT2D eigenvalue weighted by molar-refractivity contribution is -0.154. The van der Waals surface area contributed by atoms with E-state index in [4.69, 9.17) is 0 Å². The standard InChI is InChI=1S/C12H12FNO5/c1-18-11(16)9(12(17)19-2)14-10(15)7-3-5-8(13)6-4-7/h3-6,9H,1-2H3,(H,14,15). The Morgan fingerprint density at radius 2 is 1.53 bits per heavy atom. The Bertz CT molecular complexity index is 469. The highest BCUT2D eigenvalue weighted by atomic mass is 19.1. The molecule has 0 heterocycles. The molecule has 0 atom stereocenters. The lowest BCUT2D eigenvalue weighted by atomic mass is 10.2. The van der Waals surface area contributed by atoms with E-state index in [-0.39, 0.29) is 5.56 Å². The first-order chi connectivity index (χ1) is 8.99. The number of ether oxygens (including phenoxy) is 2. The molecule has 0 aliphatic heterocycles. The minimum Gasteiger partial charge on any atom is -0.467 e. The zero-order chi connectivity index (χ0) is 14.4. The SMILES string of the molecule is COC(=O)C(NC(=O)c1ccc(F)cc1)C(=O)OC. The number of nitrogens with one attached hydrogen (secondary N) is 1. The van der Waals surface area contributed by atoms with E-state index in [0.29, 0.717) is 0 Å². The molecule has 7 heteroatoms. The fourth-order valence-corrected chi connectivity index (χ4v) is 1.27. The second-order valence-electron chi connectivity index (χ2n) is 3.46. The molecule has 6 nitrogen and oxygen atoms in total. The quantitative estimate of drug-likeness (QED) is 0.626. The van der Waals surface area contributed by atoms with E-state index in [1.165, 1.54) is 12.1 Å². The van der Waals surface area contributed by atoms with E-state index in [1.54, 1.807) is 0 Å². The fraction of sp³-hybridized carbons (Fsp3) is 0.250. The van der Waals surface area contributed by atoms with Gasteiger partial charge in [-0.05, 0) is 24.3 Å². The average molecular weight is 269 g/mol. The summed E-state index contributed by atoms with van der Waals surface area (Å²) < 4.78 is 21.5. The van der Waals surface area contributed by atoms with Gasteiger partial charge in [-0.2, -0.15) is 0 Å². The first-order valence-corrected chi connectivity index (χ1v) is 5.21. The first-order valence-electron chi connectivity index (χ1n) is 5.21. The van der Waals surface area contributed by atoms with Crippen molar-refractivity contribution in [1.82, 2.24) is 5.32 Å². The van der Waals surface area contributed by atoms with Gasteiger partial charge in [0.1, 0.15) is 5.82 Å². The van der Waals surface area contributed by atoms with Crippen molar-refractivity contribution in [1.29, 1.82) is 0 Å². The number of amides is 1. The van der Waals surface area contributed by atoms with Crippen LogP contribution in [0.5, 0.6) is 0 Å². The molecule has 19 heavy (non-hydrogen) atoms. The lowest BCUT2D eigenvalue weighted by Crippen LogP contribution is -2.47. The Kier molecular flexibility index (Phi) is 4.99. The first kappa shape index (κ1) is 14.6. The molecule has 0 saturated carbocycles. The molecule has 1 aromatic rings.